The van der Waals surface area contributed by atoms with Crippen LogP contribution < -0.4 is 15.1 Å². The Morgan fingerprint density at radius 1 is 0.923 bits per heavy atom. The highest BCUT2D eigenvalue weighted by molar-refractivity contribution is 7.80. The van der Waals surface area contributed by atoms with Crippen molar-refractivity contribution in [1.82, 2.24) is 14.9 Å². The zero-order valence-electron chi connectivity index (χ0n) is 22.6. The van der Waals surface area contributed by atoms with E-state index in [0.29, 0.717) is 16.9 Å². The first-order chi connectivity index (χ1) is 18.9. The Kier molecular flexibility index (Phi) is 7.08. The summed E-state index contributed by atoms with van der Waals surface area (Å²) in [4.78, 5) is 9.35. The molecule has 2 fully saturated rings. The zero-order chi connectivity index (χ0) is 27.1. The molecule has 2 aromatic heterocycles. The van der Waals surface area contributed by atoms with Gasteiger partial charge in [-0.25, -0.2) is 0 Å². The molecule has 7 heteroatoms. The molecule has 0 saturated carbocycles. The van der Waals surface area contributed by atoms with Crippen molar-refractivity contribution in [2.45, 2.75) is 39.3 Å². The van der Waals surface area contributed by atoms with Crippen LogP contribution in [0.1, 0.15) is 49.3 Å². The van der Waals surface area contributed by atoms with Crippen LogP contribution in [0.25, 0.3) is 5.69 Å². The number of rotatable bonds is 5. The minimum absolute atomic E-state index is 0.124. The largest absolute Gasteiger partial charge is 0.370 e. The minimum atomic E-state index is -0.125. The van der Waals surface area contributed by atoms with E-state index in [9.17, 15) is 0 Å². The van der Waals surface area contributed by atoms with E-state index >= 15 is 0 Å². The molecule has 6 rings (SSSR count). The lowest BCUT2D eigenvalue weighted by Crippen LogP contribution is -2.38. The Bertz CT molecular complexity index is 1460. The number of halogens is 1. The van der Waals surface area contributed by atoms with E-state index in [1.165, 1.54) is 12.0 Å². The summed E-state index contributed by atoms with van der Waals surface area (Å²) < 4.78 is 2.25. The third kappa shape index (κ3) is 5.04. The first-order valence-corrected chi connectivity index (χ1v) is 14.5. The van der Waals surface area contributed by atoms with Crippen molar-refractivity contribution in [3.63, 3.8) is 0 Å². The maximum absolute atomic E-state index is 7.00. The maximum atomic E-state index is 7.00. The summed E-state index contributed by atoms with van der Waals surface area (Å²) in [7, 11) is 0. The number of nitrogens with one attached hydrogen (secondary N) is 1. The fourth-order valence-electron chi connectivity index (χ4n) is 6.27. The van der Waals surface area contributed by atoms with Gasteiger partial charge in [0.25, 0.3) is 0 Å². The quantitative estimate of drug-likeness (QED) is 0.258. The van der Waals surface area contributed by atoms with Crippen LogP contribution in [0.4, 0.5) is 11.4 Å². The fourth-order valence-corrected chi connectivity index (χ4v) is 6.91. The molecule has 0 amide bonds. The van der Waals surface area contributed by atoms with Crippen LogP contribution in [0.15, 0.2) is 85.2 Å². The van der Waals surface area contributed by atoms with Crippen LogP contribution in [-0.2, 0) is 0 Å². The second-order valence-electron chi connectivity index (χ2n) is 11.1. The lowest BCUT2D eigenvalue weighted by molar-refractivity contribution is 0.357. The molecule has 5 nitrogen and oxygen atoms in total. The molecule has 0 bridgehead atoms. The van der Waals surface area contributed by atoms with Gasteiger partial charge in [-0.05, 0) is 92.0 Å². The first kappa shape index (κ1) is 25.9. The summed E-state index contributed by atoms with van der Waals surface area (Å²) in [6.07, 6.45) is 5.21. The van der Waals surface area contributed by atoms with Gasteiger partial charge in [-0.3, -0.25) is 4.98 Å². The Hall–Kier alpha value is -3.35. The van der Waals surface area contributed by atoms with Crippen molar-refractivity contribution >= 4 is 40.3 Å². The van der Waals surface area contributed by atoms with Gasteiger partial charge in [0, 0.05) is 42.6 Å². The average Bonchev–Trinajstić information content (AvgIpc) is 3.53. The van der Waals surface area contributed by atoms with E-state index < -0.39 is 0 Å². The van der Waals surface area contributed by atoms with E-state index in [1.54, 1.807) is 0 Å². The van der Waals surface area contributed by atoms with Crippen LogP contribution in [0, 0.1) is 18.8 Å². The topological polar surface area (TPSA) is 36.3 Å². The molecule has 200 valence electrons. The molecule has 0 radical (unpaired) electrons. The van der Waals surface area contributed by atoms with Crippen LogP contribution in [0.3, 0.4) is 0 Å². The Labute approximate surface area is 241 Å². The van der Waals surface area contributed by atoms with Crippen molar-refractivity contribution in [3.05, 3.63) is 107 Å². The summed E-state index contributed by atoms with van der Waals surface area (Å²) in [5.41, 5.74) is 6.48. The highest BCUT2D eigenvalue weighted by atomic mass is 35.5. The molecule has 2 aromatic carbocycles. The predicted octanol–water partition coefficient (Wildman–Crippen LogP) is 7.49. The van der Waals surface area contributed by atoms with E-state index in [0.717, 1.165) is 46.6 Å². The standard InChI is InChI=1S/C32H34ClN5S/c1-21-9-11-24(12-10-21)37-16-6-8-29(37)31-30(27-7-4-5-15-34-27)35-32(39)38(31)25-13-14-28(26(33)18-25)36-19-22(2)17-23(3)20-36/h4-16,18,22-23,30-31H,17,19-20H2,1-3H3,(H,35,39)/t22-,23-,30-,31+/m0/s1. The molecule has 39 heavy (non-hydrogen) atoms. The molecule has 4 atom stereocenters. The van der Waals surface area contributed by atoms with Crippen molar-refractivity contribution in [2.24, 2.45) is 11.8 Å². The van der Waals surface area contributed by atoms with Gasteiger partial charge in [0.15, 0.2) is 5.11 Å². The van der Waals surface area contributed by atoms with Gasteiger partial charge < -0.3 is 19.7 Å². The number of nitrogens with zero attached hydrogens (tertiary/aromatic N) is 4. The number of hydrogen-bond acceptors (Lipinski definition) is 3. The van der Waals surface area contributed by atoms with Crippen molar-refractivity contribution in [3.8, 4) is 5.69 Å². The molecule has 0 aliphatic carbocycles. The number of thiocarbonyl (C=S) groups is 1. The van der Waals surface area contributed by atoms with Crippen molar-refractivity contribution < 1.29 is 0 Å². The third-order valence-electron chi connectivity index (χ3n) is 7.91. The van der Waals surface area contributed by atoms with E-state index in [1.807, 2.05) is 18.3 Å². The van der Waals surface area contributed by atoms with Crippen molar-refractivity contribution in [2.75, 3.05) is 22.9 Å². The Morgan fingerprint density at radius 2 is 1.67 bits per heavy atom. The number of pyridine rings is 1. The molecule has 2 saturated heterocycles. The van der Waals surface area contributed by atoms with Crippen molar-refractivity contribution in [1.29, 1.82) is 0 Å². The van der Waals surface area contributed by atoms with Crippen LogP contribution in [-0.4, -0.2) is 27.8 Å². The average molecular weight is 556 g/mol. The van der Waals surface area contributed by atoms with Gasteiger partial charge in [0.2, 0.25) is 0 Å². The van der Waals surface area contributed by atoms with Gasteiger partial charge in [-0.15, -0.1) is 0 Å². The molecule has 4 heterocycles. The first-order valence-electron chi connectivity index (χ1n) is 13.7. The lowest BCUT2D eigenvalue weighted by Gasteiger charge is -2.37. The Balaban J connectivity index is 1.42. The highest BCUT2D eigenvalue weighted by Gasteiger charge is 2.42. The van der Waals surface area contributed by atoms with E-state index in [4.69, 9.17) is 28.8 Å². The molecular weight excluding hydrogens is 522 g/mol. The molecule has 0 unspecified atom stereocenters. The summed E-state index contributed by atoms with van der Waals surface area (Å²) >= 11 is 13.0. The number of hydrogen-bond donors (Lipinski definition) is 1. The molecule has 0 spiro atoms. The summed E-state index contributed by atoms with van der Waals surface area (Å²) in [5.74, 6) is 1.30. The maximum Gasteiger partial charge on any atom is 0.174 e. The van der Waals surface area contributed by atoms with Crippen LogP contribution in [0.5, 0.6) is 0 Å². The normalized spacial score (nSPS) is 23.2. The highest BCUT2D eigenvalue weighted by Crippen LogP contribution is 2.44. The van der Waals surface area contributed by atoms with E-state index in [2.05, 4.69) is 107 Å². The van der Waals surface area contributed by atoms with Gasteiger partial charge >= 0.3 is 0 Å². The van der Waals surface area contributed by atoms with Gasteiger partial charge in [0.05, 0.1) is 22.4 Å². The minimum Gasteiger partial charge on any atom is -0.370 e. The van der Waals surface area contributed by atoms with Gasteiger partial charge in [-0.2, -0.15) is 0 Å². The monoisotopic (exact) mass is 555 g/mol. The van der Waals surface area contributed by atoms with Crippen LogP contribution >= 0.6 is 23.8 Å². The van der Waals surface area contributed by atoms with Crippen LogP contribution in [0.2, 0.25) is 5.02 Å². The molecule has 2 aliphatic heterocycles. The molecular formula is C32H34ClN5S. The second kappa shape index (κ2) is 10.7. The number of benzene rings is 2. The zero-order valence-corrected chi connectivity index (χ0v) is 24.2. The lowest BCUT2D eigenvalue weighted by atomic mass is 9.91. The molecule has 4 aromatic rings. The Morgan fingerprint density at radius 3 is 2.36 bits per heavy atom. The third-order valence-corrected chi connectivity index (χ3v) is 8.53. The number of aromatic nitrogens is 2. The summed E-state index contributed by atoms with van der Waals surface area (Å²) in [6, 6.07) is 25.1. The number of anilines is 2. The summed E-state index contributed by atoms with van der Waals surface area (Å²) in [6.45, 7) is 8.82. The second-order valence-corrected chi connectivity index (χ2v) is 11.9. The number of aryl methyl sites for hydroxylation is 1. The SMILES string of the molecule is Cc1ccc(-n2cccc2[C@@H]2[C@H](c3ccccn3)NC(=S)N2c2ccc(N3C[C@@H](C)C[C@H](C)C3)c(Cl)c2)cc1. The number of piperidine rings is 1. The summed E-state index contributed by atoms with van der Waals surface area (Å²) in [5, 5.41) is 5.00. The van der Waals surface area contributed by atoms with Gasteiger partial charge in [-0.1, -0.05) is 49.2 Å². The van der Waals surface area contributed by atoms with E-state index in [-0.39, 0.29) is 12.1 Å². The fraction of sp³-hybridized carbons (Fsp3) is 0.312. The molecule has 1 N–H and O–H groups in total. The van der Waals surface area contributed by atoms with Gasteiger partial charge in [0.1, 0.15) is 6.04 Å². The smallest absolute Gasteiger partial charge is 0.174 e. The molecule has 2 aliphatic rings. The predicted molar refractivity (Wildman–Crippen MR) is 165 cm³/mol.